The van der Waals surface area contributed by atoms with E-state index >= 15 is 0 Å². The number of hydrogen-bond acceptors (Lipinski definition) is 3. The Morgan fingerprint density at radius 2 is 2.00 bits per heavy atom. The lowest BCUT2D eigenvalue weighted by Crippen LogP contribution is -1.98. The molecule has 1 rings (SSSR count). The molecule has 0 aliphatic heterocycles. The number of aliphatic hydroxyl groups is 1. The highest BCUT2D eigenvalue weighted by atomic mass is 16.4. The van der Waals surface area contributed by atoms with Gasteiger partial charge in [0.1, 0.15) is 5.75 Å². The Bertz CT molecular complexity index is 319. The van der Waals surface area contributed by atoms with Crippen molar-refractivity contribution in [2.45, 2.75) is 6.42 Å². The molecule has 0 heterocycles. The number of aliphatic hydroxyl groups excluding tert-OH is 1. The van der Waals surface area contributed by atoms with Crippen LogP contribution < -0.4 is 0 Å². The van der Waals surface area contributed by atoms with Gasteiger partial charge in [-0.15, -0.1) is 0 Å². The van der Waals surface area contributed by atoms with E-state index in [1.165, 1.54) is 18.2 Å². The molecular weight excluding hydrogens is 172 g/mol. The summed E-state index contributed by atoms with van der Waals surface area (Å²) in [5, 5.41) is 26.4. The molecule has 0 saturated carbocycles. The van der Waals surface area contributed by atoms with Crippen molar-refractivity contribution in [1.82, 2.24) is 0 Å². The summed E-state index contributed by atoms with van der Waals surface area (Å²) in [4.78, 5) is 10.5. The molecule has 13 heavy (non-hydrogen) atoms. The number of rotatable bonds is 3. The summed E-state index contributed by atoms with van der Waals surface area (Å²) in [6, 6.07) is 4.03. The lowest BCUT2D eigenvalue weighted by atomic mass is 10.1. The number of aromatic hydroxyl groups is 1. The second-order valence-corrected chi connectivity index (χ2v) is 2.67. The molecule has 0 saturated heterocycles. The lowest BCUT2D eigenvalue weighted by molar-refractivity contribution is 0.0696. The fourth-order valence-corrected chi connectivity index (χ4v) is 1.07. The van der Waals surface area contributed by atoms with Gasteiger partial charge in [-0.3, -0.25) is 0 Å². The molecule has 1 aromatic carbocycles. The van der Waals surface area contributed by atoms with Gasteiger partial charge in [-0.25, -0.2) is 4.79 Å². The van der Waals surface area contributed by atoms with Gasteiger partial charge >= 0.3 is 5.97 Å². The average Bonchev–Trinajstić information content (AvgIpc) is 2.03. The number of carboxylic acid groups (broad SMARTS) is 1. The van der Waals surface area contributed by atoms with Crippen LogP contribution in [-0.2, 0) is 6.42 Å². The molecule has 0 fully saturated rings. The molecule has 0 aliphatic carbocycles. The predicted molar refractivity (Wildman–Crippen MR) is 45.9 cm³/mol. The maximum atomic E-state index is 10.5. The molecule has 0 aliphatic rings. The third-order valence-corrected chi connectivity index (χ3v) is 1.62. The zero-order valence-electron chi connectivity index (χ0n) is 6.90. The number of carboxylic acids is 1. The molecule has 0 amide bonds. The largest absolute Gasteiger partial charge is 0.508 e. The lowest BCUT2D eigenvalue weighted by Gasteiger charge is -2.01. The second-order valence-electron chi connectivity index (χ2n) is 2.67. The molecule has 0 unspecified atom stereocenters. The van der Waals surface area contributed by atoms with E-state index in [0.717, 1.165) is 0 Å². The van der Waals surface area contributed by atoms with Gasteiger partial charge in [0.2, 0.25) is 0 Å². The first-order valence-corrected chi connectivity index (χ1v) is 3.80. The first kappa shape index (κ1) is 9.54. The molecular formula is C9H10O4. The SMILES string of the molecule is O=C(O)c1cc(O)cc(CCO)c1. The van der Waals surface area contributed by atoms with Crippen LogP contribution in [0.5, 0.6) is 5.75 Å². The molecule has 70 valence electrons. The first-order chi connectivity index (χ1) is 6.13. The Kier molecular flexibility index (Phi) is 2.87. The molecule has 0 atom stereocenters. The van der Waals surface area contributed by atoms with Crippen molar-refractivity contribution in [3.63, 3.8) is 0 Å². The second kappa shape index (κ2) is 3.91. The Morgan fingerprint density at radius 1 is 1.31 bits per heavy atom. The van der Waals surface area contributed by atoms with Crippen LogP contribution in [0, 0.1) is 0 Å². The summed E-state index contributed by atoms with van der Waals surface area (Å²) >= 11 is 0. The van der Waals surface area contributed by atoms with Crippen molar-refractivity contribution in [1.29, 1.82) is 0 Å². The van der Waals surface area contributed by atoms with E-state index in [-0.39, 0.29) is 17.9 Å². The van der Waals surface area contributed by atoms with Gasteiger partial charge in [0.05, 0.1) is 5.56 Å². The van der Waals surface area contributed by atoms with Crippen LogP contribution in [0.15, 0.2) is 18.2 Å². The van der Waals surface area contributed by atoms with Crippen molar-refractivity contribution in [3.05, 3.63) is 29.3 Å². The van der Waals surface area contributed by atoms with Crippen LogP contribution >= 0.6 is 0 Å². The van der Waals surface area contributed by atoms with Crippen LogP contribution in [0.25, 0.3) is 0 Å². The van der Waals surface area contributed by atoms with Gasteiger partial charge < -0.3 is 15.3 Å². The van der Waals surface area contributed by atoms with E-state index < -0.39 is 5.97 Å². The van der Waals surface area contributed by atoms with E-state index in [9.17, 15) is 4.79 Å². The van der Waals surface area contributed by atoms with Gasteiger partial charge in [-0.1, -0.05) is 0 Å². The highest BCUT2D eigenvalue weighted by molar-refractivity contribution is 5.88. The number of hydrogen-bond donors (Lipinski definition) is 3. The summed E-state index contributed by atoms with van der Waals surface area (Å²) in [6.45, 7) is -0.0670. The fourth-order valence-electron chi connectivity index (χ4n) is 1.07. The topological polar surface area (TPSA) is 77.8 Å². The maximum Gasteiger partial charge on any atom is 0.335 e. The third kappa shape index (κ3) is 2.45. The fraction of sp³-hybridized carbons (Fsp3) is 0.222. The van der Waals surface area contributed by atoms with Gasteiger partial charge in [0, 0.05) is 6.61 Å². The van der Waals surface area contributed by atoms with Crippen LogP contribution in [0.3, 0.4) is 0 Å². The average molecular weight is 182 g/mol. The molecule has 0 radical (unpaired) electrons. The third-order valence-electron chi connectivity index (χ3n) is 1.62. The van der Waals surface area contributed by atoms with E-state index in [1.54, 1.807) is 0 Å². The minimum atomic E-state index is -1.09. The number of phenolic OH excluding ortho intramolecular Hbond substituents is 1. The summed E-state index contributed by atoms with van der Waals surface area (Å²) < 4.78 is 0. The van der Waals surface area contributed by atoms with E-state index in [0.29, 0.717) is 12.0 Å². The minimum Gasteiger partial charge on any atom is -0.508 e. The number of aromatic carboxylic acids is 1. The Balaban J connectivity index is 3.03. The van der Waals surface area contributed by atoms with E-state index in [2.05, 4.69) is 0 Å². The van der Waals surface area contributed by atoms with E-state index in [4.69, 9.17) is 15.3 Å². The number of carbonyl (C=O) groups is 1. The molecule has 0 aromatic heterocycles. The van der Waals surface area contributed by atoms with Crippen molar-refractivity contribution in [2.75, 3.05) is 6.61 Å². The zero-order valence-corrected chi connectivity index (χ0v) is 6.90. The Hall–Kier alpha value is -1.55. The van der Waals surface area contributed by atoms with Gasteiger partial charge in [0.15, 0.2) is 0 Å². The molecule has 1 aromatic rings. The van der Waals surface area contributed by atoms with Crippen LogP contribution in [0.4, 0.5) is 0 Å². The summed E-state index contributed by atoms with van der Waals surface area (Å²) in [6.07, 6.45) is 0.342. The predicted octanol–water partition coefficient (Wildman–Crippen LogP) is 0.625. The highest BCUT2D eigenvalue weighted by Crippen LogP contribution is 2.16. The molecule has 3 N–H and O–H groups in total. The van der Waals surface area contributed by atoms with Crippen molar-refractivity contribution in [2.24, 2.45) is 0 Å². The molecule has 4 nitrogen and oxygen atoms in total. The van der Waals surface area contributed by atoms with Gasteiger partial charge in [-0.05, 0) is 30.2 Å². The minimum absolute atomic E-state index is 0.0310. The van der Waals surface area contributed by atoms with Crippen LogP contribution in [0.1, 0.15) is 15.9 Å². The van der Waals surface area contributed by atoms with E-state index in [1.807, 2.05) is 0 Å². The number of benzene rings is 1. The zero-order chi connectivity index (χ0) is 9.84. The first-order valence-electron chi connectivity index (χ1n) is 3.80. The Morgan fingerprint density at radius 3 is 2.54 bits per heavy atom. The normalized spacial score (nSPS) is 9.92. The maximum absolute atomic E-state index is 10.5. The monoisotopic (exact) mass is 182 g/mol. The van der Waals surface area contributed by atoms with Gasteiger partial charge in [0.25, 0.3) is 0 Å². The molecule has 0 spiro atoms. The van der Waals surface area contributed by atoms with Crippen molar-refractivity contribution >= 4 is 5.97 Å². The highest BCUT2D eigenvalue weighted by Gasteiger charge is 2.05. The summed E-state index contributed by atoms with van der Waals surface area (Å²) in [5.74, 6) is -1.18. The van der Waals surface area contributed by atoms with Crippen LogP contribution in [-0.4, -0.2) is 27.9 Å². The standard InChI is InChI=1S/C9H10O4/c10-2-1-6-3-7(9(12)13)5-8(11)4-6/h3-5,10-11H,1-2H2,(H,12,13). The summed E-state index contributed by atoms with van der Waals surface area (Å²) in [5.41, 5.74) is 0.642. The molecule has 0 bridgehead atoms. The van der Waals surface area contributed by atoms with Crippen LogP contribution in [0.2, 0.25) is 0 Å². The van der Waals surface area contributed by atoms with Crippen molar-refractivity contribution < 1.29 is 20.1 Å². The molecule has 4 heteroatoms. The number of phenols is 1. The summed E-state index contributed by atoms with van der Waals surface area (Å²) in [7, 11) is 0. The van der Waals surface area contributed by atoms with Crippen molar-refractivity contribution in [3.8, 4) is 5.75 Å². The van der Waals surface area contributed by atoms with Gasteiger partial charge in [-0.2, -0.15) is 0 Å². The quantitative estimate of drug-likeness (QED) is 0.640. The smallest absolute Gasteiger partial charge is 0.335 e. The Labute approximate surface area is 75.1 Å².